The van der Waals surface area contributed by atoms with E-state index in [1.165, 1.54) is 29.7 Å². The first kappa shape index (κ1) is 18.0. The van der Waals surface area contributed by atoms with Crippen LogP contribution in [0.1, 0.15) is 21.7 Å². The Hall–Kier alpha value is -3.39. The van der Waals surface area contributed by atoms with Crippen LogP contribution in [0.4, 0.5) is 9.52 Å². The van der Waals surface area contributed by atoms with Crippen molar-refractivity contribution in [1.82, 2.24) is 19.7 Å². The number of nitrogens with one attached hydrogen (secondary N) is 1. The number of benzene rings is 1. The number of halogens is 1. The zero-order chi connectivity index (χ0) is 19.7. The first-order chi connectivity index (χ1) is 13.5. The van der Waals surface area contributed by atoms with Gasteiger partial charge in [0.2, 0.25) is 0 Å². The predicted octanol–water partition coefficient (Wildman–Crippen LogP) is 4.40. The van der Waals surface area contributed by atoms with Gasteiger partial charge >= 0.3 is 0 Å². The van der Waals surface area contributed by atoms with Gasteiger partial charge in [0.1, 0.15) is 5.82 Å². The highest BCUT2D eigenvalue weighted by Crippen LogP contribution is 2.25. The first-order valence-corrected chi connectivity index (χ1v) is 9.40. The Balaban J connectivity index is 1.48. The Morgan fingerprint density at radius 1 is 1.14 bits per heavy atom. The monoisotopic (exact) mass is 393 g/mol. The molecule has 3 heterocycles. The highest BCUT2D eigenvalue weighted by molar-refractivity contribution is 7.14. The van der Waals surface area contributed by atoms with E-state index in [1.54, 1.807) is 28.9 Å². The van der Waals surface area contributed by atoms with Crippen molar-refractivity contribution in [1.29, 1.82) is 0 Å². The highest BCUT2D eigenvalue weighted by Gasteiger charge is 2.12. The van der Waals surface area contributed by atoms with Gasteiger partial charge in [0, 0.05) is 22.8 Å². The summed E-state index contributed by atoms with van der Waals surface area (Å²) in [6.45, 7) is 3.86. The number of carbonyl (C=O) groups is 1. The van der Waals surface area contributed by atoms with Gasteiger partial charge in [-0.15, -0.1) is 11.3 Å². The average molecular weight is 393 g/mol. The number of aryl methyl sites for hydroxylation is 2. The molecule has 0 aliphatic rings. The van der Waals surface area contributed by atoms with Crippen molar-refractivity contribution in [2.24, 2.45) is 0 Å². The molecule has 6 nitrogen and oxygen atoms in total. The Kier molecular flexibility index (Phi) is 4.70. The number of hydrogen-bond donors (Lipinski definition) is 1. The molecule has 0 fully saturated rings. The Labute approximate surface area is 164 Å². The zero-order valence-corrected chi connectivity index (χ0v) is 16.0. The maximum atomic E-state index is 13.0. The van der Waals surface area contributed by atoms with Crippen molar-refractivity contribution >= 4 is 22.4 Å². The summed E-state index contributed by atoms with van der Waals surface area (Å²) >= 11 is 1.30. The SMILES string of the molecule is Cc1cc(C)n(-c2ccc(C(=O)Nc3nc(-c4ccc(F)cc4)cs3)cn2)n1. The van der Waals surface area contributed by atoms with Gasteiger partial charge in [-0.1, -0.05) is 0 Å². The van der Waals surface area contributed by atoms with E-state index in [9.17, 15) is 9.18 Å². The van der Waals surface area contributed by atoms with Crippen molar-refractivity contribution in [3.8, 4) is 17.1 Å². The molecule has 4 aromatic rings. The van der Waals surface area contributed by atoms with Crippen LogP contribution < -0.4 is 5.32 Å². The lowest BCUT2D eigenvalue weighted by atomic mass is 10.2. The molecule has 0 saturated carbocycles. The summed E-state index contributed by atoms with van der Waals surface area (Å²) in [4.78, 5) is 21.2. The zero-order valence-electron chi connectivity index (χ0n) is 15.2. The molecule has 0 bridgehead atoms. The Bertz CT molecular complexity index is 1130. The van der Waals surface area contributed by atoms with E-state index in [-0.39, 0.29) is 11.7 Å². The summed E-state index contributed by atoms with van der Waals surface area (Å²) in [6.07, 6.45) is 1.51. The van der Waals surface area contributed by atoms with Crippen molar-refractivity contribution in [3.05, 3.63) is 76.8 Å². The molecule has 1 amide bonds. The normalized spacial score (nSPS) is 10.8. The lowest BCUT2D eigenvalue weighted by Gasteiger charge is -2.05. The Morgan fingerprint density at radius 2 is 1.93 bits per heavy atom. The Morgan fingerprint density at radius 3 is 2.57 bits per heavy atom. The maximum absolute atomic E-state index is 13.0. The minimum Gasteiger partial charge on any atom is -0.298 e. The fraction of sp³-hybridized carbons (Fsp3) is 0.100. The molecule has 0 saturated heterocycles. The summed E-state index contributed by atoms with van der Waals surface area (Å²) in [5.74, 6) is 0.0475. The van der Waals surface area contributed by atoms with Crippen molar-refractivity contribution in [2.75, 3.05) is 5.32 Å². The second-order valence-corrected chi connectivity index (χ2v) is 7.10. The molecule has 4 rings (SSSR count). The van der Waals surface area contributed by atoms with Crippen LogP contribution in [0.3, 0.4) is 0 Å². The molecule has 1 aromatic carbocycles. The smallest absolute Gasteiger partial charge is 0.259 e. The van der Waals surface area contributed by atoms with E-state index in [1.807, 2.05) is 25.3 Å². The fourth-order valence-electron chi connectivity index (χ4n) is 2.76. The molecular formula is C20H16FN5OS. The van der Waals surface area contributed by atoms with Gasteiger partial charge in [0.05, 0.1) is 17.0 Å². The minimum atomic E-state index is -0.302. The van der Waals surface area contributed by atoms with Gasteiger partial charge in [-0.3, -0.25) is 10.1 Å². The molecule has 0 radical (unpaired) electrons. The maximum Gasteiger partial charge on any atom is 0.259 e. The topological polar surface area (TPSA) is 72.7 Å². The summed E-state index contributed by atoms with van der Waals surface area (Å²) in [7, 11) is 0. The molecule has 140 valence electrons. The quantitative estimate of drug-likeness (QED) is 0.558. The number of hydrogen-bond acceptors (Lipinski definition) is 5. The fourth-order valence-corrected chi connectivity index (χ4v) is 3.47. The van der Waals surface area contributed by atoms with Gasteiger partial charge in [-0.05, 0) is 56.3 Å². The van der Waals surface area contributed by atoms with E-state index < -0.39 is 0 Å². The van der Waals surface area contributed by atoms with E-state index in [0.29, 0.717) is 22.2 Å². The van der Waals surface area contributed by atoms with Gasteiger partial charge in [0.25, 0.3) is 5.91 Å². The van der Waals surface area contributed by atoms with Crippen LogP contribution >= 0.6 is 11.3 Å². The molecule has 8 heteroatoms. The van der Waals surface area contributed by atoms with Gasteiger partial charge in [-0.25, -0.2) is 19.0 Å². The minimum absolute atomic E-state index is 0.299. The van der Waals surface area contributed by atoms with Crippen LogP contribution in [-0.2, 0) is 0 Å². The van der Waals surface area contributed by atoms with Crippen molar-refractivity contribution in [2.45, 2.75) is 13.8 Å². The van der Waals surface area contributed by atoms with Crippen LogP contribution in [0.25, 0.3) is 17.1 Å². The highest BCUT2D eigenvalue weighted by atomic mass is 32.1. The van der Waals surface area contributed by atoms with Crippen molar-refractivity contribution in [3.63, 3.8) is 0 Å². The number of carbonyl (C=O) groups excluding carboxylic acids is 1. The third-order valence-corrected chi connectivity index (χ3v) is 4.86. The summed E-state index contributed by atoms with van der Waals surface area (Å²) in [5, 5.41) is 9.43. The predicted molar refractivity (Wildman–Crippen MR) is 106 cm³/mol. The second-order valence-electron chi connectivity index (χ2n) is 6.24. The molecular weight excluding hydrogens is 377 g/mol. The van der Waals surface area contributed by atoms with Crippen LogP contribution in [0.2, 0.25) is 0 Å². The standard InChI is InChI=1S/C20H16FN5OS/c1-12-9-13(2)26(25-12)18-8-5-15(10-22-18)19(27)24-20-23-17(11-28-20)14-3-6-16(21)7-4-14/h3-11H,1-2H3,(H,23,24,27). The van der Waals surface area contributed by atoms with Gasteiger partial charge in [0.15, 0.2) is 10.9 Å². The van der Waals surface area contributed by atoms with Crippen molar-refractivity contribution < 1.29 is 9.18 Å². The number of thiazole rings is 1. The van der Waals surface area contributed by atoms with Crippen LogP contribution in [0.5, 0.6) is 0 Å². The number of nitrogens with zero attached hydrogens (tertiary/aromatic N) is 4. The van der Waals surface area contributed by atoms with Crippen LogP contribution in [0, 0.1) is 19.7 Å². The average Bonchev–Trinajstić information content (AvgIpc) is 3.28. The third-order valence-electron chi connectivity index (χ3n) is 4.10. The van der Waals surface area contributed by atoms with Crippen LogP contribution in [-0.4, -0.2) is 25.7 Å². The number of aromatic nitrogens is 4. The van der Waals surface area contributed by atoms with Gasteiger partial charge in [-0.2, -0.15) is 5.10 Å². The number of rotatable bonds is 4. The summed E-state index contributed by atoms with van der Waals surface area (Å²) in [6, 6.07) is 11.5. The number of amides is 1. The number of anilines is 1. The largest absolute Gasteiger partial charge is 0.298 e. The molecule has 1 N–H and O–H groups in total. The van der Waals surface area contributed by atoms with Crippen LogP contribution in [0.15, 0.2) is 54.0 Å². The molecule has 28 heavy (non-hydrogen) atoms. The molecule has 0 unspecified atom stereocenters. The molecule has 0 aliphatic carbocycles. The van der Waals surface area contributed by atoms with E-state index in [4.69, 9.17) is 0 Å². The van der Waals surface area contributed by atoms with E-state index in [2.05, 4.69) is 20.4 Å². The second kappa shape index (κ2) is 7.32. The molecule has 3 aromatic heterocycles. The van der Waals surface area contributed by atoms with E-state index in [0.717, 1.165) is 17.0 Å². The lowest BCUT2D eigenvalue weighted by Crippen LogP contribution is -2.12. The summed E-state index contributed by atoms with van der Waals surface area (Å²) < 4.78 is 14.8. The lowest BCUT2D eigenvalue weighted by molar-refractivity contribution is 0.102. The molecule has 0 aliphatic heterocycles. The van der Waals surface area contributed by atoms with Gasteiger partial charge < -0.3 is 0 Å². The first-order valence-electron chi connectivity index (χ1n) is 8.52. The molecule has 0 atom stereocenters. The number of pyridine rings is 1. The molecule has 0 spiro atoms. The third kappa shape index (κ3) is 3.67. The summed E-state index contributed by atoms with van der Waals surface area (Å²) in [5.41, 5.74) is 3.76. The van der Waals surface area contributed by atoms with E-state index >= 15 is 0 Å².